The molecule has 10 radical (unpaired) electrons. The van der Waals surface area contributed by atoms with Gasteiger partial charge in [-0.05, 0) is 87.5 Å². The zero-order chi connectivity index (χ0) is 22.1. The Balaban J connectivity index is 0.000000534. The van der Waals surface area contributed by atoms with Gasteiger partial charge in [-0.25, -0.2) is 4.79 Å². The molecule has 3 heteroatoms. The van der Waals surface area contributed by atoms with Gasteiger partial charge in [0.25, 0.3) is 0 Å². The average Bonchev–Trinajstić information content (AvgIpc) is 3.50. The Labute approximate surface area is 207 Å². The summed E-state index contributed by atoms with van der Waals surface area (Å²) in [5, 5.41) is 0. The molecule has 1 aromatic rings. The largest absolute Gasteiger partial charge is 2.00 e. The second kappa shape index (κ2) is 13.6. The van der Waals surface area contributed by atoms with E-state index in [1.807, 2.05) is 63.9 Å². The fourth-order valence-electron chi connectivity index (χ4n) is 4.54. The van der Waals surface area contributed by atoms with Gasteiger partial charge in [0.05, 0.1) is 0 Å². The molecule has 0 saturated heterocycles. The summed E-state index contributed by atoms with van der Waals surface area (Å²) in [6.45, 7) is 6.82. The zero-order valence-electron chi connectivity index (χ0n) is 19.3. The van der Waals surface area contributed by atoms with Gasteiger partial charge in [0, 0.05) is 17.9 Å². The van der Waals surface area contributed by atoms with Crippen molar-refractivity contribution in [1.82, 2.24) is 0 Å². The van der Waals surface area contributed by atoms with Gasteiger partial charge < -0.3 is 4.74 Å². The van der Waals surface area contributed by atoms with Gasteiger partial charge in [-0.3, -0.25) is 0 Å². The van der Waals surface area contributed by atoms with Crippen LogP contribution in [0.2, 0.25) is 0 Å². The quantitative estimate of drug-likeness (QED) is 0.287. The summed E-state index contributed by atoms with van der Waals surface area (Å²) in [4.78, 5) is 12.4. The maximum atomic E-state index is 12.4. The van der Waals surface area contributed by atoms with Gasteiger partial charge in [0.15, 0.2) is 0 Å². The van der Waals surface area contributed by atoms with Crippen molar-refractivity contribution in [3.05, 3.63) is 112 Å². The molecular weight excluding hydrogens is 436 g/mol. The minimum atomic E-state index is -0.237. The van der Waals surface area contributed by atoms with Gasteiger partial charge in [-0.1, -0.05) is 63.6 Å². The van der Waals surface area contributed by atoms with Crippen molar-refractivity contribution < 1.29 is 26.6 Å². The number of carbonyl (C=O) groups excluding carboxylic acids is 1. The molecule has 0 amide bonds. The molecule has 0 heterocycles. The summed E-state index contributed by atoms with van der Waals surface area (Å²) in [5.74, 6) is 1.71. The summed E-state index contributed by atoms with van der Waals surface area (Å²) < 4.78 is 5.95. The first kappa shape index (κ1) is 27.2. The fraction of sp³-hybridized carbons (Fsp3) is 0.345. The third kappa shape index (κ3) is 8.07. The standard InChI is InChI=1S/C24H29O2.C5H5.Fe/c1-18-13-15-21(24(2,3)20-11-5-4-6-12-20)22(17-18)26-23(25)16-14-19-9-7-8-10-19;1-2-4-5-3-1;/h4-12,14,16,18,21-22H,13,15,17H2,1-3H3;1-5H;/q;;+2/b16-14+;;/t18-,21-,22-;;/m1../s1. The molecule has 0 unspecified atom stereocenters. The van der Waals surface area contributed by atoms with E-state index in [0.717, 1.165) is 18.8 Å². The van der Waals surface area contributed by atoms with Crippen molar-refractivity contribution in [3.63, 3.8) is 0 Å². The summed E-state index contributed by atoms with van der Waals surface area (Å²) in [7, 11) is 0. The fourth-order valence-corrected chi connectivity index (χ4v) is 4.54. The predicted octanol–water partition coefficient (Wildman–Crippen LogP) is 6.29. The van der Waals surface area contributed by atoms with Gasteiger partial charge in [0.1, 0.15) is 6.10 Å². The van der Waals surface area contributed by atoms with E-state index in [4.69, 9.17) is 4.74 Å². The number of carbonyl (C=O) groups is 1. The van der Waals surface area contributed by atoms with E-state index in [0.29, 0.717) is 11.8 Å². The Hall–Kier alpha value is -1.05. The molecule has 0 N–H and O–H groups in total. The van der Waals surface area contributed by atoms with Crippen molar-refractivity contribution in [2.45, 2.75) is 51.6 Å². The molecule has 0 spiro atoms. The number of allylic oxidation sites excluding steroid dienone is 1. The molecule has 3 aliphatic rings. The van der Waals surface area contributed by atoms with E-state index in [9.17, 15) is 4.79 Å². The van der Waals surface area contributed by atoms with Crippen LogP contribution in [0.4, 0.5) is 0 Å². The topological polar surface area (TPSA) is 26.3 Å². The van der Waals surface area contributed by atoms with Crippen LogP contribution in [0, 0.1) is 75.5 Å². The summed E-state index contributed by atoms with van der Waals surface area (Å²) in [5.41, 5.74) is 1.29. The van der Waals surface area contributed by atoms with Crippen LogP contribution < -0.4 is 0 Å². The first-order valence-corrected chi connectivity index (χ1v) is 11.3. The molecule has 1 aromatic carbocycles. The van der Waals surface area contributed by atoms with E-state index >= 15 is 0 Å². The van der Waals surface area contributed by atoms with E-state index < -0.39 is 0 Å². The number of benzene rings is 1. The molecule has 3 aliphatic carbocycles. The second-order valence-electron chi connectivity index (χ2n) is 9.10. The van der Waals surface area contributed by atoms with Crippen LogP contribution in [0.1, 0.15) is 45.6 Å². The van der Waals surface area contributed by atoms with E-state index in [2.05, 4.69) is 51.1 Å². The van der Waals surface area contributed by atoms with Gasteiger partial charge in [0.2, 0.25) is 0 Å². The van der Waals surface area contributed by atoms with Gasteiger partial charge >= 0.3 is 23.0 Å². The van der Waals surface area contributed by atoms with Crippen molar-refractivity contribution in [2.24, 2.45) is 11.8 Å². The average molecular weight is 470 g/mol. The number of rotatable bonds is 5. The number of hydrogen-bond acceptors (Lipinski definition) is 2. The van der Waals surface area contributed by atoms with Crippen molar-refractivity contribution in [3.8, 4) is 0 Å². The van der Waals surface area contributed by atoms with E-state index in [1.165, 1.54) is 12.0 Å². The molecular formula is C29H34FeO2+2. The van der Waals surface area contributed by atoms with Crippen LogP contribution in [0.5, 0.6) is 0 Å². The Morgan fingerprint density at radius 1 is 0.938 bits per heavy atom. The molecule has 32 heavy (non-hydrogen) atoms. The maximum absolute atomic E-state index is 12.4. The molecule has 0 aromatic heterocycles. The first-order chi connectivity index (χ1) is 15.0. The first-order valence-electron chi connectivity index (χ1n) is 11.3. The third-order valence-corrected chi connectivity index (χ3v) is 6.42. The normalized spacial score (nSPS) is 26.3. The molecule has 3 fully saturated rings. The zero-order valence-corrected chi connectivity index (χ0v) is 20.4. The van der Waals surface area contributed by atoms with Crippen LogP contribution in [0.25, 0.3) is 0 Å². The number of ether oxygens (including phenoxy) is 1. The minimum absolute atomic E-state index is 0. The smallest absolute Gasteiger partial charge is 0.459 e. The summed E-state index contributed by atoms with van der Waals surface area (Å²) in [6.07, 6.45) is 24.5. The third-order valence-electron chi connectivity index (χ3n) is 6.42. The molecule has 0 aliphatic heterocycles. The minimum Gasteiger partial charge on any atom is -0.459 e. The van der Waals surface area contributed by atoms with E-state index in [1.54, 1.807) is 6.08 Å². The Morgan fingerprint density at radius 2 is 1.53 bits per heavy atom. The predicted molar refractivity (Wildman–Crippen MR) is 127 cm³/mol. The van der Waals surface area contributed by atoms with Crippen LogP contribution in [0.15, 0.2) is 42.5 Å². The Bertz CT molecular complexity index is 679. The van der Waals surface area contributed by atoms with Gasteiger partial charge in [-0.15, -0.1) is 0 Å². The molecule has 2 nitrogen and oxygen atoms in total. The Kier molecular flexibility index (Phi) is 11.6. The SMILES string of the molecule is C[C@@H]1CC[C@@H](C(C)(C)c2ccccc2)[C@H](OC(=O)/C=C/[C]2[CH][CH][CH][CH]2)C1.[CH]1[CH][CH][CH][CH]1.[Fe+2]. The van der Waals surface area contributed by atoms with Crippen LogP contribution >= 0.6 is 0 Å². The number of hydrogen-bond donors (Lipinski definition) is 0. The number of esters is 1. The van der Waals surface area contributed by atoms with Crippen molar-refractivity contribution >= 4 is 5.97 Å². The van der Waals surface area contributed by atoms with Crippen LogP contribution in [-0.2, 0) is 32.0 Å². The second-order valence-corrected chi connectivity index (χ2v) is 9.10. The van der Waals surface area contributed by atoms with Crippen LogP contribution in [-0.4, -0.2) is 12.1 Å². The van der Waals surface area contributed by atoms with Gasteiger partial charge in [-0.2, -0.15) is 0 Å². The molecule has 0 bridgehead atoms. The summed E-state index contributed by atoms with van der Waals surface area (Å²) in [6, 6.07) is 10.6. The maximum Gasteiger partial charge on any atom is 2.00 e. The van der Waals surface area contributed by atoms with Crippen molar-refractivity contribution in [1.29, 1.82) is 0 Å². The molecule has 168 valence electrons. The molecule has 3 saturated carbocycles. The summed E-state index contributed by atoms with van der Waals surface area (Å²) >= 11 is 0. The van der Waals surface area contributed by atoms with Crippen LogP contribution in [0.3, 0.4) is 0 Å². The molecule has 4 rings (SSSR count). The Morgan fingerprint density at radius 3 is 2.12 bits per heavy atom. The monoisotopic (exact) mass is 470 g/mol. The molecule has 3 atom stereocenters. The van der Waals surface area contributed by atoms with Crippen molar-refractivity contribution in [2.75, 3.05) is 0 Å². The van der Waals surface area contributed by atoms with E-state index in [-0.39, 0.29) is 34.6 Å².